The molecule has 0 radical (unpaired) electrons. The van der Waals surface area contributed by atoms with Crippen LogP contribution in [-0.2, 0) is 11.3 Å². The largest absolute Gasteiger partial charge is 0.445 e. The van der Waals surface area contributed by atoms with E-state index in [1.54, 1.807) is 0 Å². The van der Waals surface area contributed by atoms with Gasteiger partial charge in [0, 0.05) is 5.54 Å². The van der Waals surface area contributed by atoms with Gasteiger partial charge in [0.25, 0.3) is 0 Å². The molecule has 1 aliphatic rings. The minimum atomic E-state index is -0.319. The molecular formula is C15H19NO2. The fourth-order valence-electron chi connectivity index (χ4n) is 1.94. The summed E-state index contributed by atoms with van der Waals surface area (Å²) in [5.74, 6) is 0. The first kappa shape index (κ1) is 12.7. The summed E-state index contributed by atoms with van der Waals surface area (Å²) in [4.78, 5) is 11.7. The third-order valence-corrected chi connectivity index (χ3v) is 3.26. The number of ether oxygens (including phenoxy) is 1. The normalized spacial score (nSPS) is 15.8. The van der Waals surface area contributed by atoms with Crippen LogP contribution in [0.3, 0.4) is 0 Å². The third kappa shape index (κ3) is 3.62. The molecule has 3 nitrogen and oxygen atoms in total. The van der Waals surface area contributed by atoms with Crippen molar-refractivity contribution in [2.75, 3.05) is 0 Å². The summed E-state index contributed by atoms with van der Waals surface area (Å²) in [6.45, 7) is 4.03. The van der Waals surface area contributed by atoms with E-state index in [0.29, 0.717) is 6.61 Å². The minimum absolute atomic E-state index is 0.0258. The topological polar surface area (TPSA) is 38.3 Å². The van der Waals surface area contributed by atoms with Crippen molar-refractivity contribution in [2.45, 2.75) is 37.8 Å². The van der Waals surface area contributed by atoms with E-state index in [-0.39, 0.29) is 11.6 Å². The first-order valence-corrected chi connectivity index (χ1v) is 6.34. The molecule has 18 heavy (non-hydrogen) atoms. The highest BCUT2D eigenvalue weighted by molar-refractivity contribution is 5.69. The number of allylic oxidation sites excluding steroid dienone is 1. The van der Waals surface area contributed by atoms with E-state index in [2.05, 4.69) is 11.9 Å². The fourth-order valence-corrected chi connectivity index (χ4v) is 1.94. The van der Waals surface area contributed by atoms with Crippen molar-refractivity contribution in [1.29, 1.82) is 0 Å². The molecule has 0 aromatic heterocycles. The molecule has 2 rings (SSSR count). The van der Waals surface area contributed by atoms with Crippen molar-refractivity contribution in [2.24, 2.45) is 0 Å². The van der Waals surface area contributed by atoms with Gasteiger partial charge in [-0.3, -0.25) is 0 Å². The molecule has 0 unspecified atom stereocenters. The van der Waals surface area contributed by atoms with Gasteiger partial charge in [0.15, 0.2) is 0 Å². The summed E-state index contributed by atoms with van der Waals surface area (Å²) < 4.78 is 5.21. The van der Waals surface area contributed by atoms with E-state index in [1.165, 1.54) is 0 Å². The van der Waals surface area contributed by atoms with Crippen LogP contribution in [0.25, 0.3) is 0 Å². The molecule has 0 saturated heterocycles. The third-order valence-electron chi connectivity index (χ3n) is 3.26. The molecule has 1 amide bonds. The lowest BCUT2D eigenvalue weighted by Gasteiger charge is -2.16. The zero-order valence-electron chi connectivity index (χ0n) is 10.5. The minimum Gasteiger partial charge on any atom is -0.445 e. The molecule has 0 heterocycles. The first-order chi connectivity index (χ1) is 8.74. The van der Waals surface area contributed by atoms with Crippen LogP contribution in [0.1, 0.15) is 31.2 Å². The molecule has 1 aliphatic carbocycles. The lowest BCUT2D eigenvalue weighted by molar-refractivity contribution is 0.133. The summed E-state index contributed by atoms with van der Waals surface area (Å²) >= 11 is 0. The van der Waals surface area contributed by atoms with Gasteiger partial charge in [-0.2, -0.15) is 0 Å². The summed E-state index contributed by atoms with van der Waals surface area (Å²) in [6.07, 6.45) is 5.54. The molecule has 0 spiro atoms. The lowest BCUT2D eigenvalue weighted by Crippen LogP contribution is -2.37. The highest BCUT2D eigenvalue weighted by Crippen LogP contribution is 2.39. The van der Waals surface area contributed by atoms with Crippen LogP contribution in [0.5, 0.6) is 0 Å². The monoisotopic (exact) mass is 245 g/mol. The number of carbonyl (C=O) groups is 1. The molecular weight excluding hydrogens is 226 g/mol. The number of carbonyl (C=O) groups excluding carboxylic acids is 1. The van der Waals surface area contributed by atoms with Crippen LogP contribution >= 0.6 is 0 Å². The van der Waals surface area contributed by atoms with Crippen molar-refractivity contribution in [1.82, 2.24) is 5.32 Å². The van der Waals surface area contributed by atoms with Gasteiger partial charge in [0.05, 0.1) is 0 Å². The molecule has 1 saturated carbocycles. The molecule has 96 valence electrons. The Morgan fingerprint density at radius 2 is 2.11 bits per heavy atom. The Kier molecular flexibility index (Phi) is 4.03. The van der Waals surface area contributed by atoms with Crippen molar-refractivity contribution in [3.05, 3.63) is 48.6 Å². The van der Waals surface area contributed by atoms with Crippen LogP contribution < -0.4 is 5.32 Å². The summed E-state index contributed by atoms with van der Waals surface area (Å²) in [6, 6.07) is 9.69. The van der Waals surface area contributed by atoms with Crippen LogP contribution in [0.4, 0.5) is 4.79 Å². The average Bonchev–Trinajstić information content (AvgIpc) is 3.15. The first-order valence-electron chi connectivity index (χ1n) is 6.34. The predicted octanol–water partition coefficient (Wildman–Crippen LogP) is 3.41. The second-order valence-electron chi connectivity index (χ2n) is 4.79. The second kappa shape index (κ2) is 5.71. The Labute approximate surface area is 108 Å². The number of benzene rings is 1. The van der Waals surface area contributed by atoms with E-state index in [9.17, 15) is 4.79 Å². The Hall–Kier alpha value is -1.77. The van der Waals surface area contributed by atoms with Crippen LogP contribution in [0, 0.1) is 0 Å². The molecule has 1 aromatic rings. The van der Waals surface area contributed by atoms with Crippen molar-refractivity contribution >= 4 is 6.09 Å². The Bertz CT molecular complexity index is 410. The van der Waals surface area contributed by atoms with E-state index < -0.39 is 0 Å². The van der Waals surface area contributed by atoms with Gasteiger partial charge in [-0.15, -0.1) is 6.58 Å². The molecule has 1 N–H and O–H groups in total. The van der Waals surface area contributed by atoms with Gasteiger partial charge in [-0.25, -0.2) is 4.79 Å². The number of hydrogen-bond acceptors (Lipinski definition) is 2. The highest BCUT2D eigenvalue weighted by Gasteiger charge is 2.43. The number of rotatable bonds is 6. The average molecular weight is 245 g/mol. The zero-order chi connectivity index (χ0) is 12.8. The maximum Gasteiger partial charge on any atom is 0.407 e. The van der Waals surface area contributed by atoms with Gasteiger partial charge in [0.2, 0.25) is 0 Å². The Balaban J connectivity index is 1.74. The predicted molar refractivity (Wildman–Crippen MR) is 71.2 cm³/mol. The lowest BCUT2D eigenvalue weighted by atomic mass is 10.1. The maximum atomic E-state index is 11.7. The van der Waals surface area contributed by atoms with Crippen LogP contribution in [0.2, 0.25) is 0 Å². The molecule has 1 aromatic carbocycles. The van der Waals surface area contributed by atoms with Gasteiger partial charge in [-0.1, -0.05) is 36.4 Å². The molecule has 0 bridgehead atoms. The second-order valence-corrected chi connectivity index (χ2v) is 4.79. The Morgan fingerprint density at radius 1 is 1.39 bits per heavy atom. The van der Waals surface area contributed by atoms with Gasteiger partial charge in [0.1, 0.15) is 6.61 Å². The molecule has 1 fully saturated rings. The fraction of sp³-hybridized carbons (Fsp3) is 0.400. The quantitative estimate of drug-likeness (QED) is 0.780. The molecule has 3 heteroatoms. The van der Waals surface area contributed by atoms with E-state index in [1.807, 2.05) is 36.4 Å². The van der Waals surface area contributed by atoms with Crippen LogP contribution in [-0.4, -0.2) is 11.6 Å². The maximum absolute atomic E-state index is 11.7. The van der Waals surface area contributed by atoms with Gasteiger partial charge in [-0.05, 0) is 31.2 Å². The number of hydrogen-bond donors (Lipinski definition) is 1. The molecule has 0 atom stereocenters. The van der Waals surface area contributed by atoms with E-state index in [0.717, 1.165) is 31.2 Å². The molecule has 0 aliphatic heterocycles. The van der Waals surface area contributed by atoms with Crippen molar-refractivity contribution < 1.29 is 9.53 Å². The number of nitrogens with one attached hydrogen (secondary N) is 1. The highest BCUT2D eigenvalue weighted by atomic mass is 16.5. The summed E-state index contributed by atoms with van der Waals surface area (Å²) in [5, 5.41) is 2.96. The van der Waals surface area contributed by atoms with E-state index >= 15 is 0 Å². The summed E-state index contributed by atoms with van der Waals surface area (Å²) in [7, 11) is 0. The number of amides is 1. The zero-order valence-corrected chi connectivity index (χ0v) is 10.5. The smallest absolute Gasteiger partial charge is 0.407 e. The number of alkyl carbamates (subject to hydrolysis) is 1. The van der Waals surface area contributed by atoms with Crippen molar-refractivity contribution in [3.63, 3.8) is 0 Å². The Morgan fingerprint density at radius 3 is 2.72 bits per heavy atom. The van der Waals surface area contributed by atoms with Gasteiger partial charge >= 0.3 is 6.09 Å². The van der Waals surface area contributed by atoms with Gasteiger partial charge < -0.3 is 10.1 Å². The van der Waals surface area contributed by atoms with Crippen molar-refractivity contribution in [3.8, 4) is 0 Å². The standard InChI is InChI=1S/C15H19NO2/c1-2-3-9-15(10-11-15)16-14(17)18-12-13-7-5-4-6-8-13/h2,4-8H,1,3,9-12H2,(H,16,17). The van der Waals surface area contributed by atoms with Crippen LogP contribution in [0.15, 0.2) is 43.0 Å². The summed E-state index contributed by atoms with van der Waals surface area (Å²) in [5.41, 5.74) is 0.977. The van der Waals surface area contributed by atoms with E-state index in [4.69, 9.17) is 4.74 Å². The SMILES string of the molecule is C=CCCC1(NC(=O)OCc2ccccc2)CC1.